The van der Waals surface area contributed by atoms with Crippen LogP contribution in [0.5, 0.6) is 11.5 Å². The Bertz CT molecular complexity index is 449. The third-order valence-corrected chi connectivity index (χ3v) is 3.24. The molecule has 0 saturated carbocycles. The number of carbonyl (C=O) groups is 1. The van der Waals surface area contributed by atoms with Crippen LogP contribution in [0.25, 0.3) is 0 Å². The number of carboxylic acid groups (broad SMARTS) is 1. The van der Waals surface area contributed by atoms with Crippen molar-refractivity contribution in [1.29, 1.82) is 0 Å². The van der Waals surface area contributed by atoms with Crippen LogP contribution < -0.4 is 15.2 Å². The van der Waals surface area contributed by atoms with Crippen LogP contribution in [-0.2, 0) is 11.2 Å². The zero-order chi connectivity index (χ0) is 12.4. The summed E-state index contributed by atoms with van der Waals surface area (Å²) in [5.74, 6) is 0.181. The second-order valence-corrected chi connectivity index (χ2v) is 4.55. The molecule has 0 radical (unpaired) electrons. The molecule has 0 spiro atoms. The van der Waals surface area contributed by atoms with Gasteiger partial charge in [0.05, 0.1) is 0 Å². The molecule has 1 heterocycles. The minimum Gasteiger partial charge on any atom is -0.486 e. The van der Waals surface area contributed by atoms with E-state index in [1.807, 2.05) is 0 Å². The van der Waals surface area contributed by atoms with Crippen LogP contribution in [0, 0.1) is 0 Å². The normalized spacial score (nSPS) is 15.4. The summed E-state index contributed by atoms with van der Waals surface area (Å²) in [5.41, 5.74) is 6.27. The molecule has 1 unspecified atom stereocenters. The summed E-state index contributed by atoms with van der Waals surface area (Å²) < 4.78 is 11.7. The first-order chi connectivity index (χ1) is 8.09. The number of hydrogen-bond acceptors (Lipinski definition) is 4. The molecule has 6 heteroatoms. The minimum atomic E-state index is -1.04. The topological polar surface area (TPSA) is 81.8 Å². The van der Waals surface area contributed by atoms with Gasteiger partial charge in [-0.25, -0.2) is 0 Å². The van der Waals surface area contributed by atoms with E-state index in [2.05, 4.69) is 15.9 Å². The lowest BCUT2D eigenvalue weighted by molar-refractivity contribution is -0.138. The Morgan fingerprint density at radius 2 is 2.18 bits per heavy atom. The molecule has 0 bridgehead atoms. The van der Waals surface area contributed by atoms with Crippen molar-refractivity contribution in [3.05, 3.63) is 22.2 Å². The van der Waals surface area contributed by atoms with E-state index in [1.54, 1.807) is 12.1 Å². The molecule has 5 nitrogen and oxygen atoms in total. The predicted molar refractivity (Wildman–Crippen MR) is 64.4 cm³/mol. The third kappa shape index (κ3) is 2.53. The van der Waals surface area contributed by atoms with Gasteiger partial charge in [-0.1, -0.05) is 15.9 Å². The summed E-state index contributed by atoms with van der Waals surface area (Å²) in [6.07, 6.45) is 0.197. The van der Waals surface area contributed by atoms with Gasteiger partial charge in [-0.15, -0.1) is 0 Å². The smallest absolute Gasteiger partial charge is 0.320 e. The molecular weight excluding hydrogens is 290 g/mol. The van der Waals surface area contributed by atoms with Crippen molar-refractivity contribution in [3.8, 4) is 11.5 Å². The van der Waals surface area contributed by atoms with Crippen LogP contribution in [0.4, 0.5) is 0 Å². The minimum absolute atomic E-state index is 0.197. The van der Waals surface area contributed by atoms with Crippen molar-refractivity contribution in [2.75, 3.05) is 13.2 Å². The monoisotopic (exact) mass is 301 g/mol. The Balaban J connectivity index is 2.34. The number of aliphatic carboxylic acids is 1. The zero-order valence-corrected chi connectivity index (χ0v) is 10.6. The molecule has 0 saturated heterocycles. The first kappa shape index (κ1) is 12.2. The fourth-order valence-electron chi connectivity index (χ4n) is 1.65. The number of hydrogen-bond donors (Lipinski definition) is 2. The predicted octanol–water partition coefficient (Wildman–Crippen LogP) is 1.17. The highest BCUT2D eigenvalue weighted by atomic mass is 79.9. The van der Waals surface area contributed by atoms with E-state index in [1.165, 1.54) is 0 Å². The second kappa shape index (κ2) is 4.93. The van der Waals surface area contributed by atoms with Gasteiger partial charge >= 0.3 is 5.97 Å². The first-order valence-corrected chi connectivity index (χ1v) is 5.94. The van der Waals surface area contributed by atoms with Gasteiger partial charge in [0.2, 0.25) is 0 Å². The number of halogens is 1. The van der Waals surface area contributed by atoms with E-state index in [9.17, 15) is 4.79 Å². The molecule has 1 atom stereocenters. The molecule has 0 aromatic heterocycles. The number of nitrogens with two attached hydrogens (primary N) is 1. The van der Waals surface area contributed by atoms with Gasteiger partial charge in [-0.2, -0.15) is 0 Å². The maximum atomic E-state index is 10.8. The summed E-state index contributed by atoms with van der Waals surface area (Å²) >= 11 is 3.37. The molecule has 2 rings (SSSR count). The Morgan fingerprint density at radius 1 is 1.47 bits per heavy atom. The summed E-state index contributed by atoms with van der Waals surface area (Å²) in [6.45, 7) is 0.956. The molecule has 3 N–H and O–H groups in total. The van der Waals surface area contributed by atoms with E-state index in [0.717, 1.165) is 10.0 Å². The molecule has 0 fully saturated rings. The van der Waals surface area contributed by atoms with Crippen molar-refractivity contribution in [3.63, 3.8) is 0 Å². The Kier molecular flexibility index (Phi) is 3.54. The molecule has 92 valence electrons. The maximum absolute atomic E-state index is 10.8. The zero-order valence-electron chi connectivity index (χ0n) is 8.98. The quantitative estimate of drug-likeness (QED) is 0.876. The lowest BCUT2D eigenvalue weighted by atomic mass is 10.0. The first-order valence-electron chi connectivity index (χ1n) is 5.15. The van der Waals surface area contributed by atoms with Crippen LogP contribution in [0.15, 0.2) is 16.6 Å². The van der Waals surface area contributed by atoms with Gasteiger partial charge in [0.1, 0.15) is 19.3 Å². The standard InChI is InChI=1S/C11H12BrNO4/c12-7-1-2-9-10(17-4-3-16-9)6(7)5-8(13)11(14)15/h1-2,8H,3-5,13H2,(H,14,15). The Morgan fingerprint density at radius 3 is 2.88 bits per heavy atom. The van der Waals surface area contributed by atoms with E-state index >= 15 is 0 Å². The third-order valence-electron chi connectivity index (χ3n) is 2.50. The van der Waals surface area contributed by atoms with Gasteiger partial charge < -0.3 is 20.3 Å². The molecule has 17 heavy (non-hydrogen) atoms. The van der Waals surface area contributed by atoms with E-state index in [-0.39, 0.29) is 6.42 Å². The van der Waals surface area contributed by atoms with Gasteiger partial charge in [-0.3, -0.25) is 4.79 Å². The fraction of sp³-hybridized carbons (Fsp3) is 0.364. The maximum Gasteiger partial charge on any atom is 0.320 e. The van der Waals surface area contributed by atoms with E-state index in [4.69, 9.17) is 20.3 Å². The summed E-state index contributed by atoms with van der Waals surface area (Å²) in [6, 6.07) is 2.63. The lowest BCUT2D eigenvalue weighted by Gasteiger charge is -2.22. The van der Waals surface area contributed by atoms with Crippen LogP contribution >= 0.6 is 15.9 Å². The Hall–Kier alpha value is -1.27. The van der Waals surface area contributed by atoms with Gasteiger partial charge in [-0.05, 0) is 12.1 Å². The molecule has 0 aliphatic carbocycles. The lowest BCUT2D eigenvalue weighted by Crippen LogP contribution is -2.32. The number of ether oxygens (including phenoxy) is 2. The molecule has 1 aromatic carbocycles. The largest absolute Gasteiger partial charge is 0.486 e. The fourth-order valence-corrected chi connectivity index (χ4v) is 2.12. The summed E-state index contributed by atoms with van der Waals surface area (Å²) in [5, 5.41) is 8.83. The van der Waals surface area contributed by atoms with Crippen molar-refractivity contribution in [2.45, 2.75) is 12.5 Å². The summed E-state index contributed by atoms with van der Waals surface area (Å²) in [4.78, 5) is 10.8. The van der Waals surface area contributed by atoms with Gasteiger partial charge in [0.15, 0.2) is 11.5 Å². The highest BCUT2D eigenvalue weighted by Gasteiger charge is 2.22. The highest BCUT2D eigenvalue weighted by Crippen LogP contribution is 2.38. The van der Waals surface area contributed by atoms with Crippen LogP contribution in [0.2, 0.25) is 0 Å². The molecular formula is C11H12BrNO4. The Labute approximate surface area is 107 Å². The number of rotatable bonds is 3. The van der Waals surface area contributed by atoms with Crippen molar-refractivity contribution < 1.29 is 19.4 Å². The molecule has 0 amide bonds. The van der Waals surface area contributed by atoms with Crippen molar-refractivity contribution >= 4 is 21.9 Å². The van der Waals surface area contributed by atoms with Gasteiger partial charge in [0, 0.05) is 16.5 Å². The number of fused-ring (bicyclic) bond motifs is 1. The highest BCUT2D eigenvalue weighted by molar-refractivity contribution is 9.10. The molecule has 1 aromatic rings. The average molecular weight is 302 g/mol. The average Bonchev–Trinajstić information content (AvgIpc) is 2.32. The number of carboxylic acids is 1. The second-order valence-electron chi connectivity index (χ2n) is 3.70. The van der Waals surface area contributed by atoms with Crippen molar-refractivity contribution in [2.24, 2.45) is 5.73 Å². The van der Waals surface area contributed by atoms with Crippen LogP contribution in [0.1, 0.15) is 5.56 Å². The SMILES string of the molecule is NC(Cc1c(Br)ccc2c1OCCO2)C(=O)O. The van der Waals surface area contributed by atoms with Crippen molar-refractivity contribution in [1.82, 2.24) is 0 Å². The van der Waals surface area contributed by atoms with Crippen LogP contribution in [-0.4, -0.2) is 30.3 Å². The van der Waals surface area contributed by atoms with E-state index < -0.39 is 12.0 Å². The number of benzene rings is 1. The van der Waals surface area contributed by atoms with Gasteiger partial charge in [0.25, 0.3) is 0 Å². The van der Waals surface area contributed by atoms with E-state index in [0.29, 0.717) is 24.7 Å². The van der Waals surface area contributed by atoms with Crippen LogP contribution in [0.3, 0.4) is 0 Å². The molecule has 1 aliphatic rings. The molecule has 1 aliphatic heterocycles. The summed E-state index contributed by atoms with van der Waals surface area (Å²) in [7, 11) is 0.